The first-order valence-corrected chi connectivity index (χ1v) is 12.9. The van der Waals surface area contributed by atoms with Gasteiger partial charge in [0.2, 0.25) is 11.9 Å². The molecular weight excluding hydrogens is 518 g/mol. The van der Waals surface area contributed by atoms with Crippen LogP contribution in [0, 0.1) is 5.92 Å². The largest absolute Gasteiger partial charge is 0.341 e. The number of thiophene rings is 1. The number of halogens is 2. The molecule has 1 atom stereocenters. The predicted molar refractivity (Wildman–Crippen MR) is 118 cm³/mol. The molecule has 0 aromatic carbocycles. The van der Waals surface area contributed by atoms with E-state index in [-0.39, 0.29) is 29.0 Å². The Morgan fingerprint density at radius 3 is 2.77 bits per heavy atom. The highest BCUT2D eigenvalue weighted by Gasteiger charge is 2.32. The molecule has 2 aromatic rings. The smallest absolute Gasteiger partial charge is 0.251 e. The Morgan fingerprint density at radius 2 is 2.17 bits per heavy atom. The minimum absolute atomic E-state index is 0.0258. The van der Waals surface area contributed by atoms with Crippen LogP contribution in [0.5, 0.6) is 0 Å². The van der Waals surface area contributed by atoms with Crippen LogP contribution in [0.3, 0.4) is 0 Å². The highest BCUT2D eigenvalue weighted by atomic mass is 79.9. The standard InChI is InChI=1S/C17H23BrClN5O4S2/c1-11-2-6-23(7-3-11)15(25)13(4-8-24-9-5-20-17(24)21-26)22-30(27,28)16-12(18)10-14(19)29-16/h5,9-11,13,22,26H,2-4,6-8H2,1H3,(H,20,21). The van der Waals surface area contributed by atoms with Crippen molar-refractivity contribution in [2.24, 2.45) is 5.92 Å². The van der Waals surface area contributed by atoms with E-state index in [1.807, 2.05) is 5.48 Å². The van der Waals surface area contributed by atoms with E-state index in [1.165, 1.54) is 12.3 Å². The summed E-state index contributed by atoms with van der Waals surface area (Å²) in [5.41, 5.74) is 1.98. The first-order chi connectivity index (χ1) is 14.2. The quantitative estimate of drug-likeness (QED) is 0.443. The van der Waals surface area contributed by atoms with Gasteiger partial charge in [-0.05, 0) is 47.2 Å². The van der Waals surface area contributed by atoms with E-state index in [9.17, 15) is 13.2 Å². The van der Waals surface area contributed by atoms with Crippen molar-refractivity contribution in [2.45, 2.75) is 43.0 Å². The van der Waals surface area contributed by atoms with Gasteiger partial charge in [-0.15, -0.1) is 11.3 Å². The molecule has 166 valence electrons. The lowest BCUT2D eigenvalue weighted by atomic mass is 9.98. The summed E-state index contributed by atoms with van der Waals surface area (Å²) >= 11 is 10.1. The summed E-state index contributed by atoms with van der Waals surface area (Å²) in [6.45, 7) is 3.61. The van der Waals surface area contributed by atoms with Gasteiger partial charge >= 0.3 is 0 Å². The summed E-state index contributed by atoms with van der Waals surface area (Å²) in [5.74, 6) is 0.490. The zero-order valence-electron chi connectivity index (χ0n) is 16.2. The molecule has 3 N–H and O–H groups in total. The van der Waals surface area contributed by atoms with Gasteiger partial charge in [-0.2, -0.15) is 4.72 Å². The summed E-state index contributed by atoms with van der Waals surface area (Å²) < 4.78 is 30.8. The van der Waals surface area contributed by atoms with Gasteiger partial charge in [0.1, 0.15) is 6.04 Å². The van der Waals surface area contributed by atoms with Crippen LogP contribution in [0.25, 0.3) is 0 Å². The SMILES string of the molecule is CC1CCN(C(=O)C(CCn2ccnc2NO)NS(=O)(=O)c2sc(Cl)cc2Br)CC1. The number of aromatic nitrogens is 2. The summed E-state index contributed by atoms with van der Waals surface area (Å²) in [7, 11) is -3.97. The molecule has 30 heavy (non-hydrogen) atoms. The molecule has 0 spiro atoms. The van der Waals surface area contributed by atoms with E-state index >= 15 is 0 Å². The van der Waals surface area contributed by atoms with Gasteiger partial charge in [-0.25, -0.2) is 18.9 Å². The van der Waals surface area contributed by atoms with Crippen molar-refractivity contribution in [2.75, 3.05) is 18.6 Å². The molecule has 1 aliphatic heterocycles. The molecule has 9 nitrogen and oxygen atoms in total. The number of carbonyl (C=O) groups excluding carboxylic acids is 1. The first-order valence-electron chi connectivity index (χ1n) is 9.38. The maximum Gasteiger partial charge on any atom is 0.251 e. The highest BCUT2D eigenvalue weighted by molar-refractivity contribution is 9.10. The van der Waals surface area contributed by atoms with Crippen molar-refractivity contribution in [1.29, 1.82) is 0 Å². The van der Waals surface area contributed by atoms with Gasteiger partial charge in [0.15, 0.2) is 4.21 Å². The molecule has 0 saturated carbocycles. The second-order valence-corrected chi connectivity index (χ2v) is 11.7. The van der Waals surface area contributed by atoms with Gasteiger partial charge in [-0.3, -0.25) is 10.0 Å². The number of amides is 1. The molecule has 2 aromatic heterocycles. The number of piperidine rings is 1. The van der Waals surface area contributed by atoms with Crippen molar-refractivity contribution < 1.29 is 18.4 Å². The van der Waals surface area contributed by atoms with Crippen molar-refractivity contribution in [3.63, 3.8) is 0 Å². The second kappa shape index (κ2) is 9.96. The Labute approximate surface area is 192 Å². The molecule has 3 heterocycles. The van der Waals surface area contributed by atoms with Gasteiger partial charge < -0.3 is 9.47 Å². The molecule has 0 radical (unpaired) electrons. The summed E-state index contributed by atoms with van der Waals surface area (Å²) in [4.78, 5) is 18.8. The number of aryl methyl sites for hydroxylation is 1. The van der Waals surface area contributed by atoms with Crippen molar-refractivity contribution in [3.8, 4) is 0 Å². The van der Waals surface area contributed by atoms with Crippen LogP contribution in [0.15, 0.2) is 27.1 Å². The number of hydrogen-bond donors (Lipinski definition) is 3. The summed E-state index contributed by atoms with van der Waals surface area (Å²) in [5, 5.41) is 9.14. The zero-order valence-corrected chi connectivity index (χ0v) is 20.2. The number of sulfonamides is 1. The predicted octanol–water partition coefficient (Wildman–Crippen LogP) is 3.16. The van der Waals surface area contributed by atoms with Gasteiger partial charge in [0, 0.05) is 32.0 Å². The van der Waals surface area contributed by atoms with Crippen LogP contribution < -0.4 is 10.2 Å². The Bertz CT molecular complexity index is 988. The lowest BCUT2D eigenvalue weighted by molar-refractivity contribution is -0.134. The van der Waals surface area contributed by atoms with E-state index in [4.69, 9.17) is 16.8 Å². The number of likely N-dealkylation sites (tertiary alicyclic amines) is 1. The fourth-order valence-electron chi connectivity index (χ4n) is 3.30. The molecule has 1 saturated heterocycles. The second-order valence-electron chi connectivity index (χ2n) is 7.21. The van der Waals surface area contributed by atoms with Gasteiger partial charge in [-0.1, -0.05) is 18.5 Å². The number of hydrogen-bond acceptors (Lipinski definition) is 7. The van der Waals surface area contributed by atoms with Crippen LogP contribution in [-0.4, -0.2) is 53.1 Å². The van der Waals surface area contributed by atoms with Crippen molar-refractivity contribution >= 4 is 60.7 Å². The average molecular weight is 541 g/mol. The fraction of sp³-hybridized carbons (Fsp3) is 0.529. The van der Waals surface area contributed by atoms with Crippen LogP contribution in [0.2, 0.25) is 4.34 Å². The molecule has 0 aliphatic carbocycles. The molecule has 1 unspecified atom stereocenters. The number of imidazole rings is 1. The maximum atomic E-state index is 13.2. The van der Waals surface area contributed by atoms with E-state index < -0.39 is 16.1 Å². The number of nitrogens with zero attached hydrogens (tertiary/aromatic N) is 3. The van der Waals surface area contributed by atoms with Crippen molar-refractivity contribution in [1.82, 2.24) is 19.2 Å². The van der Waals surface area contributed by atoms with E-state index in [0.717, 1.165) is 24.2 Å². The molecular formula is C17H23BrClN5O4S2. The zero-order chi connectivity index (χ0) is 21.9. The molecule has 1 amide bonds. The molecule has 1 aliphatic rings. The number of rotatable bonds is 8. The van der Waals surface area contributed by atoms with E-state index in [1.54, 1.807) is 15.7 Å². The first kappa shape index (κ1) is 23.5. The molecule has 0 bridgehead atoms. The van der Waals surface area contributed by atoms with Gasteiger partial charge in [0.05, 0.1) is 8.81 Å². The Morgan fingerprint density at radius 1 is 1.47 bits per heavy atom. The topological polar surface area (TPSA) is 117 Å². The fourth-order valence-corrected chi connectivity index (χ4v) is 7.55. The third-order valence-corrected chi connectivity index (χ3v) is 9.45. The highest BCUT2D eigenvalue weighted by Crippen LogP contribution is 2.34. The van der Waals surface area contributed by atoms with E-state index in [0.29, 0.717) is 27.8 Å². The molecule has 3 rings (SSSR count). The van der Waals surface area contributed by atoms with Crippen molar-refractivity contribution in [3.05, 3.63) is 27.3 Å². The third kappa shape index (κ3) is 5.54. The van der Waals surface area contributed by atoms with Crippen LogP contribution >= 0.6 is 38.9 Å². The van der Waals surface area contributed by atoms with Crippen LogP contribution in [-0.2, 0) is 21.4 Å². The van der Waals surface area contributed by atoms with Crippen LogP contribution in [0.4, 0.5) is 5.95 Å². The monoisotopic (exact) mass is 539 g/mol. The number of carbonyl (C=O) groups is 1. The third-order valence-electron chi connectivity index (χ3n) is 5.03. The summed E-state index contributed by atoms with van der Waals surface area (Å²) in [6.07, 6.45) is 5.09. The number of nitrogens with one attached hydrogen (secondary N) is 2. The minimum Gasteiger partial charge on any atom is -0.341 e. The lowest BCUT2D eigenvalue weighted by Gasteiger charge is -2.33. The Balaban J connectivity index is 1.81. The molecule has 13 heteroatoms. The maximum absolute atomic E-state index is 13.2. The number of anilines is 1. The molecule has 1 fully saturated rings. The Kier molecular flexibility index (Phi) is 7.80. The average Bonchev–Trinajstić information content (AvgIpc) is 3.30. The minimum atomic E-state index is -3.97. The van der Waals surface area contributed by atoms with E-state index in [2.05, 4.69) is 32.6 Å². The summed E-state index contributed by atoms with van der Waals surface area (Å²) in [6, 6.07) is 0.541. The normalized spacial score (nSPS) is 16.6. The lowest BCUT2D eigenvalue weighted by Crippen LogP contribution is -2.50. The van der Waals surface area contributed by atoms with Crippen LogP contribution in [0.1, 0.15) is 26.2 Å². The van der Waals surface area contributed by atoms with Gasteiger partial charge in [0.25, 0.3) is 10.0 Å². The Hall–Kier alpha value is -1.18.